The molecule has 0 aliphatic rings. The summed E-state index contributed by atoms with van der Waals surface area (Å²) in [5.41, 5.74) is 1.51. The number of allylic oxidation sites excluding steroid dienone is 1. The van der Waals surface area contributed by atoms with Gasteiger partial charge in [0, 0.05) is 16.9 Å². The van der Waals surface area contributed by atoms with Gasteiger partial charge in [0.25, 0.3) is 11.8 Å². The van der Waals surface area contributed by atoms with E-state index >= 15 is 0 Å². The molecule has 164 valence electrons. The quantitative estimate of drug-likeness (QED) is 0.393. The summed E-state index contributed by atoms with van der Waals surface area (Å²) in [6.45, 7) is 1.70. The van der Waals surface area contributed by atoms with Gasteiger partial charge in [0.1, 0.15) is 17.5 Å². The van der Waals surface area contributed by atoms with Crippen LogP contribution in [0.25, 0.3) is 5.57 Å². The Bertz CT molecular complexity index is 1120. The van der Waals surface area contributed by atoms with Crippen LogP contribution in [-0.2, 0) is 16.0 Å². The van der Waals surface area contributed by atoms with E-state index in [1.54, 1.807) is 49.4 Å². The molecule has 0 saturated heterocycles. The first-order chi connectivity index (χ1) is 15.3. The molecule has 2 aromatic carbocycles. The smallest absolute Gasteiger partial charge is 0.326 e. The number of aromatic hydroxyl groups is 1. The SMILES string of the molecule is CC(=C(NC(=O)c1ccccc1)C(=O)N[C@@H](Cc1ccc(O)cc1)C(=O)O)c1cccs1. The highest BCUT2D eigenvalue weighted by atomic mass is 32.1. The van der Waals surface area contributed by atoms with Crippen molar-refractivity contribution in [2.45, 2.75) is 19.4 Å². The van der Waals surface area contributed by atoms with E-state index in [-0.39, 0.29) is 17.9 Å². The van der Waals surface area contributed by atoms with Crippen molar-refractivity contribution in [3.63, 3.8) is 0 Å². The maximum atomic E-state index is 13.1. The van der Waals surface area contributed by atoms with Crippen LogP contribution in [0, 0.1) is 0 Å². The number of carbonyl (C=O) groups excluding carboxylic acids is 2. The number of carbonyl (C=O) groups is 3. The van der Waals surface area contributed by atoms with E-state index < -0.39 is 23.8 Å². The molecule has 0 bridgehead atoms. The second-order valence-corrected chi connectivity index (χ2v) is 7.98. The molecule has 1 aromatic heterocycles. The van der Waals surface area contributed by atoms with Crippen molar-refractivity contribution in [1.82, 2.24) is 10.6 Å². The Hall–Kier alpha value is -3.91. The average molecular weight is 451 g/mol. The van der Waals surface area contributed by atoms with Crippen molar-refractivity contribution >= 4 is 34.7 Å². The first-order valence-corrected chi connectivity index (χ1v) is 10.7. The summed E-state index contributed by atoms with van der Waals surface area (Å²) < 4.78 is 0. The minimum atomic E-state index is -1.23. The van der Waals surface area contributed by atoms with E-state index in [0.29, 0.717) is 16.7 Å². The zero-order chi connectivity index (χ0) is 23.1. The second kappa shape index (κ2) is 10.4. The van der Waals surface area contributed by atoms with Crippen LogP contribution >= 0.6 is 11.3 Å². The number of nitrogens with one attached hydrogen (secondary N) is 2. The summed E-state index contributed by atoms with van der Waals surface area (Å²) in [4.78, 5) is 38.4. The fourth-order valence-electron chi connectivity index (χ4n) is 3.01. The molecule has 2 amide bonds. The van der Waals surface area contributed by atoms with Crippen LogP contribution in [0.4, 0.5) is 0 Å². The minimum absolute atomic E-state index is 0.0132. The third kappa shape index (κ3) is 5.83. The standard InChI is InChI=1S/C24H22N2O5S/c1-15(20-8-5-13-32-20)21(26-22(28)17-6-3-2-4-7-17)23(29)25-19(24(30)31)14-16-9-11-18(27)12-10-16/h2-13,19,27H,14H2,1H3,(H,25,29)(H,26,28)(H,30,31)/t19-/m0/s1. The Morgan fingerprint density at radius 3 is 2.25 bits per heavy atom. The molecule has 3 aromatic rings. The van der Waals surface area contributed by atoms with Crippen LogP contribution in [0.3, 0.4) is 0 Å². The molecule has 1 atom stereocenters. The van der Waals surface area contributed by atoms with Gasteiger partial charge in [-0.25, -0.2) is 4.79 Å². The number of amides is 2. The lowest BCUT2D eigenvalue weighted by molar-refractivity contribution is -0.141. The zero-order valence-corrected chi connectivity index (χ0v) is 18.1. The van der Waals surface area contributed by atoms with Gasteiger partial charge in [0.05, 0.1) is 0 Å². The molecule has 3 rings (SSSR count). The van der Waals surface area contributed by atoms with Gasteiger partial charge >= 0.3 is 5.97 Å². The fourth-order valence-corrected chi connectivity index (χ4v) is 3.75. The zero-order valence-electron chi connectivity index (χ0n) is 17.2. The lowest BCUT2D eigenvalue weighted by atomic mass is 10.1. The van der Waals surface area contributed by atoms with Crippen LogP contribution in [-0.4, -0.2) is 34.0 Å². The van der Waals surface area contributed by atoms with Crippen LogP contribution in [0.5, 0.6) is 5.75 Å². The average Bonchev–Trinajstić information content (AvgIpc) is 3.33. The lowest BCUT2D eigenvalue weighted by Gasteiger charge is -2.18. The molecule has 0 radical (unpaired) electrons. The topological polar surface area (TPSA) is 116 Å². The monoisotopic (exact) mass is 450 g/mol. The Morgan fingerprint density at radius 2 is 1.66 bits per heavy atom. The number of hydrogen-bond acceptors (Lipinski definition) is 5. The maximum Gasteiger partial charge on any atom is 0.326 e. The molecule has 1 heterocycles. The van der Waals surface area contributed by atoms with Gasteiger partial charge in [-0.15, -0.1) is 11.3 Å². The highest BCUT2D eigenvalue weighted by molar-refractivity contribution is 7.11. The predicted molar refractivity (Wildman–Crippen MR) is 122 cm³/mol. The van der Waals surface area contributed by atoms with Gasteiger partial charge in [0.2, 0.25) is 0 Å². The van der Waals surface area contributed by atoms with Crippen molar-refractivity contribution in [3.8, 4) is 5.75 Å². The Balaban J connectivity index is 1.86. The second-order valence-electron chi connectivity index (χ2n) is 7.03. The van der Waals surface area contributed by atoms with Gasteiger partial charge in [-0.1, -0.05) is 36.4 Å². The van der Waals surface area contributed by atoms with Gasteiger partial charge < -0.3 is 20.8 Å². The summed E-state index contributed by atoms with van der Waals surface area (Å²) in [5.74, 6) is -2.33. The number of phenolic OH excluding ortho intramolecular Hbond substituents is 1. The molecule has 0 spiro atoms. The lowest BCUT2D eigenvalue weighted by Crippen LogP contribution is -2.45. The Kier molecular flexibility index (Phi) is 7.41. The first kappa shape index (κ1) is 22.8. The van der Waals surface area contributed by atoms with Gasteiger partial charge in [-0.3, -0.25) is 9.59 Å². The molecule has 7 nitrogen and oxygen atoms in total. The summed E-state index contributed by atoms with van der Waals surface area (Å²) in [6.07, 6.45) is 0.0132. The number of rotatable bonds is 8. The van der Waals surface area contributed by atoms with Gasteiger partial charge in [-0.05, 0) is 53.8 Å². The van der Waals surface area contributed by atoms with Gasteiger partial charge in [0.15, 0.2) is 0 Å². The molecule has 8 heteroatoms. The molecular formula is C24H22N2O5S. The Morgan fingerprint density at radius 1 is 0.969 bits per heavy atom. The molecule has 0 aliphatic carbocycles. The number of benzene rings is 2. The Labute approximate surface area is 189 Å². The van der Waals surface area contributed by atoms with Crippen LogP contribution < -0.4 is 10.6 Å². The first-order valence-electron chi connectivity index (χ1n) is 9.78. The number of aliphatic carboxylic acids is 1. The van der Waals surface area contributed by atoms with E-state index in [9.17, 15) is 24.6 Å². The predicted octanol–water partition coefficient (Wildman–Crippen LogP) is 3.43. The van der Waals surface area contributed by atoms with Crippen molar-refractivity contribution in [2.75, 3.05) is 0 Å². The highest BCUT2D eigenvalue weighted by Crippen LogP contribution is 2.23. The van der Waals surface area contributed by atoms with Gasteiger partial charge in [-0.2, -0.15) is 0 Å². The summed E-state index contributed by atoms with van der Waals surface area (Å²) >= 11 is 1.40. The van der Waals surface area contributed by atoms with E-state index in [1.807, 2.05) is 17.5 Å². The molecule has 0 saturated carbocycles. The van der Waals surface area contributed by atoms with Crippen molar-refractivity contribution in [2.24, 2.45) is 0 Å². The summed E-state index contributed by atoms with van der Waals surface area (Å²) in [6, 6.07) is 16.9. The fraction of sp³-hybridized carbons (Fsp3) is 0.125. The number of carboxylic acids is 1. The third-order valence-electron chi connectivity index (χ3n) is 4.75. The van der Waals surface area contributed by atoms with Crippen LogP contribution in [0.2, 0.25) is 0 Å². The van der Waals surface area contributed by atoms with Crippen molar-refractivity contribution in [1.29, 1.82) is 0 Å². The van der Waals surface area contributed by atoms with E-state index in [1.165, 1.54) is 23.5 Å². The molecule has 0 unspecified atom stereocenters. The van der Waals surface area contributed by atoms with E-state index in [2.05, 4.69) is 10.6 Å². The maximum absolute atomic E-state index is 13.1. The number of hydrogen-bond donors (Lipinski definition) is 4. The normalized spacial score (nSPS) is 12.4. The summed E-state index contributed by atoms with van der Waals surface area (Å²) in [7, 11) is 0. The van der Waals surface area contributed by atoms with E-state index in [0.717, 1.165) is 4.88 Å². The molecule has 4 N–H and O–H groups in total. The van der Waals surface area contributed by atoms with Crippen molar-refractivity contribution < 1.29 is 24.6 Å². The molecular weight excluding hydrogens is 428 g/mol. The van der Waals surface area contributed by atoms with E-state index in [4.69, 9.17) is 0 Å². The molecule has 0 fully saturated rings. The molecule has 0 aliphatic heterocycles. The van der Waals surface area contributed by atoms with Crippen molar-refractivity contribution in [3.05, 3.63) is 93.8 Å². The highest BCUT2D eigenvalue weighted by Gasteiger charge is 2.25. The third-order valence-corrected chi connectivity index (χ3v) is 5.74. The number of phenols is 1. The molecule has 32 heavy (non-hydrogen) atoms. The number of thiophene rings is 1. The van der Waals surface area contributed by atoms with Crippen LogP contribution in [0.15, 0.2) is 77.8 Å². The largest absolute Gasteiger partial charge is 0.508 e. The summed E-state index contributed by atoms with van der Waals surface area (Å²) in [5, 5.41) is 26.1. The van der Waals surface area contributed by atoms with Crippen LogP contribution in [0.1, 0.15) is 27.7 Å². The number of carboxylic acid groups (broad SMARTS) is 1. The minimum Gasteiger partial charge on any atom is -0.508 e.